The van der Waals surface area contributed by atoms with Crippen molar-refractivity contribution in [2.45, 2.75) is 13.5 Å². The van der Waals surface area contributed by atoms with Gasteiger partial charge in [-0.25, -0.2) is 0 Å². The second-order valence-corrected chi connectivity index (χ2v) is 11.1. The average Bonchev–Trinajstić information content (AvgIpc) is 3.44. The van der Waals surface area contributed by atoms with Gasteiger partial charge >= 0.3 is 0 Å². The van der Waals surface area contributed by atoms with E-state index in [2.05, 4.69) is 16.0 Å². The maximum Gasteiger partial charge on any atom is 0.255 e. The molecule has 5 aromatic carbocycles. The van der Waals surface area contributed by atoms with Gasteiger partial charge in [-0.3, -0.25) is 19.1 Å². The molecule has 0 unspecified atom stereocenters. The van der Waals surface area contributed by atoms with E-state index in [4.69, 9.17) is 9.84 Å². The Morgan fingerprint density at radius 2 is 1.38 bits per heavy atom. The SMILES string of the molecule is CNC(=O)c1ccc(C(=O)Nc2cc(NC(=O)c3ccc4c(c3)c(-c3ccc(OCc5ccccc5)cc3)nn4C)ccc2C)cc1. The van der Waals surface area contributed by atoms with Gasteiger partial charge in [0.15, 0.2) is 0 Å². The molecule has 0 saturated carbocycles. The lowest BCUT2D eigenvalue weighted by Crippen LogP contribution is -2.18. The zero-order valence-electron chi connectivity index (χ0n) is 26.2. The normalized spacial score (nSPS) is 10.8. The van der Waals surface area contributed by atoms with Gasteiger partial charge in [-0.1, -0.05) is 36.4 Å². The molecule has 3 amide bonds. The topological polar surface area (TPSA) is 114 Å². The van der Waals surface area contributed by atoms with Crippen molar-refractivity contribution in [1.29, 1.82) is 0 Å². The first-order valence-electron chi connectivity index (χ1n) is 15.1. The second-order valence-electron chi connectivity index (χ2n) is 11.1. The molecule has 6 aromatic rings. The fourth-order valence-corrected chi connectivity index (χ4v) is 5.22. The lowest BCUT2D eigenvalue weighted by molar-refractivity contribution is 0.0960. The molecule has 0 aliphatic rings. The van der Waals surface area contributed by atoms with Gasteiger partial charge < -0.3 is 20.7 Å². The highest BCUT2D eigenvalue weighted by atomic mass is 16.5. The van der Waals surface area contributed by atoms with E-state index in [1.807, 2.05) is 86.8 Å². The molecule has 0 aliphatic carbocycles. The molecule has 9 nitrogen and oxygen atoms in total. The molecule has 0 atom stereocenters. The van der Waals surface area contributed by atoms with E-state index < -0.39 is 0 Å². The summed E-state index contributed by atoms with van der Waals surface area (Å²) in [6.45, 7) is 2.35. The van der Waals surface area contributed by atoms with Crippen molar-refractivity contribution in [3.05, 3.63) is 143 Å². The fraction of sp³-hybridized carbons (Fsp3) is 0.105. The third-order valence-electron chi connectivity index (χ3n) is 7.87. The third kappa shape index (κ3) is 6.89. The zero-order valence-corrected chi connectivity index (χ0v) is 26.2. The van der Waals surface area contributed by atoms with E-state index in [-0.39, 0.29) is 17.7 Å². The standard InChI is InChI=1S/C38H33N5O4/c1-24-9-17-30(22-33(24)41-37(45)28-12-10-27(11-13-28)36(44)39-2)40-38(46)29-16-20-34-32(21-29)35(42-43(34)3)26-14-18-31(19-15-26)47-23-25-7-5-4-6-8-25/h4-22H,23H2,1-3H3,(H,39,44)(H,40,46)(H,41,45). The predicted molar refractivity (Wildman–Crippen MR) is 184 cm³/mol. The van der Waals surface area contributed by atoms with Crippen LogP contribution in [0.4, 0.5) is 11.4 Å². The van der Waals surface area contributed by atoms with E-state index in [9.17, 15) is 14.4 Å². The predicted octanol–water partition coefficient (Wildman–Crippen LogP) is 6.99. The number of amides is 3. The molecular formula is C38H33N5O4. The van der Waals surface area contributed by atoms with E-state index in [1.54, 1.807) is 54.2 Å². The maximum absolute atomic E-state index is 13.4. The monoisotopic (exact) mass is 623 g/mol. The summed E-state index contributed by atoms with van der Waals surface area (Å²) in [6.07, 6.45) is 0. The van der Waals surface area contributed by atoms with Crippen LogP contribution >= 0.6 is 0 Å². The highest BCUT2D eigenvalue weighted by molar-refractivity contribution is 6.09. The van der Waals surface area contributed by atoms with Crippen molar-refractivity contribution in [3.8, 4) is 17.0 Å². The van der Waals surface area contributed by atoms with Gasteiger partial charge in [-0.05, 0) is 96.9 Å². The summed E-state index contributed by atoms with van der Waals surface area (Å²) in [6, 6.07) is 35.0. The Hall–Kier alpha value is -6.22. The fourth-order valence-electron chi connectivity index (χ4n) is 5.22. The minimum atomic E-state index is -0.328. The number of carbonyl (C=O) groups is 3. The number of aryl methyl sites for hydroxylation is 2. The van der Waals surface area contributed by atoms with E-state index in [0.717, 1.165) is 39.0 Å². The van der Waals surface area contributed by atoms with Crippen molar-refractivity contribution in [2.75, 3.05) is 17.7 Å². The molecule has 0 bridgehead atoms. The van der Waals surface area contributed by atoms with Gasteiger partial charge in [-0.2, -0.15) is 5.10 Å². The van der Waals surface area contributed by atoms with E-state index in [1.165, 1.54) is 0 Å². The number of nitrogens with one attached hydrogen (secondary N) is 3. The Balaban J connectivity index is 1.17. The van der Waals surface area contributed by atoms with Crippen molar-refractivity contribution < 1.29 is 19.1 Å². The molecule has 9 heteroatoms. The zero-order chi connectivity index (χ0) is 32.9. The van der Waals surface area contributed by atoms with Crippen molar-refractivity contribution in [3.63, 3.8) is 0 Å². The Morgan fingerprint density at radius 3 is 2.09 bits per heavy atom. The molecule has 0 fully saturated rings. The van der Waals surface area contributed by atoms with Crippen LogP contribution in [0.25, 0.3) is 22.2 Å². The number of hydrogen-bond donors (Lipinski definition) is 3. The molecule has 3 N–H and O–H groups in total. The van der Waals surface area contributed by atoms with Gasteiger partial charge in [0.2, 0.25) is 0 Å². The summed E-state index contributed by atoms with van der Waals surface area (Å²) in [5.41, 5.74) is 6.91. The summed E-state index contributed by atoms with van der Waals surface area (Å²) in [5, 5.41) is 14.0. The van der Waals surface area contributed by atoms with Gasteiger partial charge in [0, 0.05) is 53.1 Å². The minimum Gasteiger partial charge on any atom is -0.489 e. The highest BCUT2D eigenvalue weighted by Gasteiger charge is 2.16. The number of ether oxygens (including phenoxy) is 1. The van der Waals surface area contributed by atoms with Crippen LogP contribution in [0.3, 0.4) is 0 Å². The third-order valence-corrected chi connectivity index (χ3v) is 7.87. The van der Waals surface area contributed by atoms with Crippen LogP contribution < -0.4 is 20.7 Å². The Bertz CT molecular complexity index is 2090. The molecular weight excluding hydrogens is 590 g/mol. The van der Waals surface area contributed by atoms with Gasteiger partial charge in [0.05, 0.1) is 5.52 Å². The molecule has 234 valence electrons. The van der Waals surface area contributed by atoms with Crippen molar-refractivity contribution >= 4 is 40.0 Å². The number of carbonyl (C=O) groups excluding carboxylic acids is 3. The quantitative estimate of drug-likeness (QED) is 0.161. The second kappa shape index (κ2) is 13.4. The number of fused-ring (bicyclic) bond motifs is 1. The number of nitrogens with zero attached hydrogens (tertiary/aromatic N) is 2. The molecule has 0 spiro atoms. The number of hydrogen-bond acceptors (Lipinski definition) is 5. The first kappa shape index (κ1) is 30.8. The van der Waals surface area contributed by atoms with Crippen molar-refractivity contribution in [2.24, 2.45) is 7.05 Å². The summed E-state index contributed by atoms with van der Waals surface area (Å²) in [4.78, 5) is 38.2. The van der Waals surface area contributed by atoms with Crippen LogP contribution in [-0.2, 0) is 13.7 Å². The average molecular weight is 624 g/mol. The summed E-state index contributed by atoms with van der Waals surface area (Å²) in [7, 11) is 3.43. The lowest BCUT2D eigenvalue weighted by Gasteiger charge is -2.12. The minimum absolute atomic E-state index is 0.228. The van der Waals surface area contributed by atoms with Crippen LogP contribution in [0.2, 0.25) is 0 Å². The van der Waals surface area contributed by atoms with Crippen LogP contribution in [0, 0.1) is 6.92 Å². The first-order valence-corrected chi connectivity index (χ1v) is 15.1. The van der Waals surface area contributed by atoms with Crippen LogP contribution in [0.5, 0.6) is 5.75 Å². The van der Waals surface area contributed by atoms with Gasteiger partial charge in [0.25, 0.3) is 17.7 Å². The van der Waals surface area contributed by atoms with Crippen LogP contribution in [0.1, 0.15) is 42.2 Å². The van der Waals surface area contributed by atoms with Gasteiger partial charge in [-0.15, -0.1) is 0 Å². The van der Waals surface area contributed by atoms with Gasteiger partial charge in [0.1, 0.15) is 18.1 Å². The highest BCUT2D eigenvalue weighted by Crippen LogP contribution is 2.30. The first-order chi connectivity index (χ1) is 22.8. The number of aromatic nitrogens is 2. The summed E-state index contributed by atoms with van der Waals surface area (Å²) >= 11 is 0. The molecule has 0 saturated heterocycles. The molecule has 0 radical (unpaired) electrons. The molecule has 47 heavy (non-hydrogen) atoms. The summed E-state index contributed by atoms with van der Waals surface area (Å²) in [5.74, 6) is -0.0952. The lowest BCUT2D eigenvalue weighted by atomic mass is 10.0. The van der Waals surface area contributed by atoms with Crippen LogP contribution in [0.15, 0.2) is 115 Å². The molecule has 6 rings (SSSR count). The Kier molecular flexibility index (Phi) is 8.79. The maximum atomic E-state index is 13.4. The Labute approximate surface area is 272 Å². The smallest absolute Gasteiger partial charge is 0.255 e. The Morgan fingerprint density at radius 1 is 0.723 bits per heavy atom. The number of anilines is 2. The van der Waals surface area contributed by atoms with Crippen LogP contribution in [-0.4, -0.2) is 34.5 Å². The van der Waals surface area contributed by atoms with E-state index in [0.29, 0.717) is 34.7 Å². The molecule has 1 aromatic heterocycles. The van der Waals surface area contributed by atoms with Crippen molar-refractivity contribution in [1.82, 2.24) is 15.1 Å². The molecule has 1 heterocycles. The summed E-state index contributed by atoms with van der Waals surface area (Å²) < 4.78 is 7.74. The number of rotatable bonds is 9. The van der Waals surface area contributed by atoms with E-state index >= 15 is 0 Å². The number of benzene rings is 5. The molecule has 0 aliphatic heterocycles. The largest absolute Gasteiger partial charge is 0.489 e.